The van der Waals surface area contributed by atoms with Gasteiger partial charge in [-0.2, -0.15) is 5.10 Å². The normalized spacial score (nSPS) is 12.6. The maximum Gasteiger partial charge on any atom is 0.0628 e. The van der Waals surface area contributed by atoms with Gasteiger partial charge in [-0.25, -0.2) is 0 Å². The first-order valence-electron chi connectivity index (χ1n) is 7.32. The predicted octanol–water partition coefficient (Wildman–Crippen LogP) is 2.80. The van der Waals surface area contributed by atoms with Crippen LogP contribution in [-0.2, 0) is 19.9 Å². The number of aromatic nitrogens is 2. The van der Waals surface area contributed by atoms with Crippen molar-refractivity contribution >= 4 is 0 Å². The molecule has 0 aliphatic heterocycles. The second-order valence-electron chi connectivity index (χ2n) is 5.49. The zero-order valence-corrected chi connectivity index (χ0v) is 13.0. The molecule has 1 heterocycles. The van der Waals surface area contributed by atoms with Crippen molar-refractivity contribution in [3.63, 3.8) is 0 Å². The summed E-state index contributed by atoms with van der Waals surface area (Å²) < 4.78 is 1.98. The zero-order valence-electron chi connectivity index (χ0n) is 13.0. The van der Waals surface area contributed by atoms with Crippen molar-refractivity contribution in [1.82, 2.24) is 15.1 Å². The third-order valence-corrected chi connectivity index (χ3v) is 4.14. The first kappa shape index (κ1) is 14.8. The van der Waals surface area contributed by atoms with Gasteiger partial charge in [0.2, 0.25) is 0 Å². The fraction of sp³-hybridized carbons (Fsp3) is 0.471. The summed E-state index contributed by atoms with van der Waals surface area (Å²) in [5.74, 6) is 0. The third-order valence-electron chi connectivity index (χ3n) is 4.14. The number of nitrogens with one attached hydrogen (secondary N) is 1. The zero-order chi connectivity index (χ0) is 14.5. The minimum atomic E-state index is 0.497. The monoisotopic (exact) mass is 271 g/mol. The Morgan fingerprint density at radius 1 is 1.20 bits per heavy atom. The highest BCUT2D eigenvalue weighted by Crippen LogP contribution is 2.16. The molecule has 3 nitrogen and oxygen atoms in total. The van der Waals surface area contributed by atoms with E-state index in [9.17, 15) is 0 Å². The molecule has 0 amide bonds. The van der Waals surface area contributed by atoms with E-state index in [1.54, 1.807) is 0 Å². The summed E-state index contributed by atoms with van der Waals surface area (Å²) >= 11 is 0. The molecule has 2 aromatic rings. The molecular formula is C17H25N3. The van der Waals surface area contributed by atoms with Crippen LogP contribution in [0, 0.1) is 13.8 Å². The smallest absolute Gasteiger partial charge is 0.0628 e. The Labute approximate surface area is 122 Å². The number of nitrogens with zero attached hydrogens (tertiary/aromatic N) is 2. The molecule has 1 aromatic heterocycles. The van der Waals surface area contributed by atoms with Crippen molar-refractivity contribution < 1.29 is 0 Å². The molecule has 0 bridgehead atoms. The molecule has 0 aliphatic carbocycles. The van der Waals surface area contributed by atoms with E-state index in [0.717, 1.165) is 25.0 Å². The van der Waals surface area contributed by atoms with Gasteiger partial charge in [-0.05, 0) is 51.3 Å². The molecule has 1 unspecified atom stereocenters. The summed E-state index contributed by atoms with van der Waals surface area (Å²) in [6, 6.07) is 11.2. The van der Waals surface area contributed by atoms with Gasteiger partial charge in [0.25, 0.3) is 0 Å². The van der Waals surface area contributed by atoms with Crippen LogP contribution in [0.5, 0.6) is 0 Å². The molecule has 2 rings (SSSR count). The van der Waals surface area contributed by atoms with Gasteiger partial charge in [-0.3, -0.25) is 4.68 Å². The van der Waals surface area contributed by atoms with Crippen molar-refractivity contribution in [3.05, 3.63) is 52.8 Å². The Morgan fingerprint density at radius 2 is 1.90 bits per heavy atom. The van der Waals surface area contributed by atoms with Crippen LogP contribution in [0.1, 0.15) is 28.9 Å². The van der Waals surface area contributed by atoms with E-state index < -0.39 is 0 Å². The first-order chi connectivity index (χ1) is 9.61. The van der Waals surface area contributed by atoms with E-state index in [0.29, 0.717) is 6.04 Å². The topological polar surface area (TPSA) is 29.9 Å². The van der Waals surface area contributed by atoms with Crippen LogP contribution in [0.15, 0.2) is 30.3 Å². The molecule has 0 saturated heterocycles. The molecule has 1 N–H and O–H groups in total. The van der Waals surface area contributed by atoms with Gasteiger partial charge < -0.3 is 5.32 Å². The second-order valence-corrected chi connectivity index (χ2v) is 5.49. The molecule has 0 aliphatic rings. The highest BCUT2D eigenvalue weighted by molar-refractivity contribution is 5.25. The summed E-state index contributed by atoms with van der Waals surface area (Å²) in [4.78, 5) is 0. The van der Waals surface area contributed by atoms with Gasteiger partial charge in [-0.1, -0.05) is 30.3 Å². The standard InChI is InChI=1S/C17H25N3/c1-13-17(14(2)20(4)19-13)12-16(18-3)11-10-15-8-6-5-7-9-15/h5-9,16,18H,10-12H2,1-4H3. The fourth-order valence-corrected chi connectivity index (χ4v) is 2.69. The number of likely N-dealkylation sites (N-methyl/N-ethyl adjacent to an activating group) is 1. The minimum Gasteiger partial charge on any atom is -0.317 e. The van der Waals surface area contributed by atoms with Gasteiger partial charge >= 0.3 is 0 Å². The molecule has 1 aromatic carbocycles. The Hall–Kier alpha value is -1.61. The summed E-state index contributed by atoms with van der Waals surface area (Å²) in [6.45, 7) is 4.26. The van der Waals surface area contributed by atoms with Crippen LogP contribution in [0.2, 0.25) is 0 Å². The molecule has 108 valence electrons. The van der Waals surface area contributed by atoms with E-state index in [-0.39, 0.29) is 0 Å². The van der Waals surface area contributed by atoms with Crippen LogP contribution in [0.3, 0.4) is 0 Å². The average Bonchev–Trinajstić information content (AvgIpc) is 2.70. The molecule has 0 saturated carbocycles. The van der Waals surface area contributed by atoms with E-state index in [1.165, 1.54) is 16.8 Å². The molecule has 0 fully saturated rings. The number of hydrogen-bond acceptors (Lipinski definition) is 2. The van der Waals surface area contributed by atoms with Gasteiger partial charge in [0.15, 0.2) is 0 Å². The summed E-state index contributed by atoms with van der Waals surface area (Å²) in [7, 11) is 4.07. The number of rotatable bonds is 6. The van der Waals surface area contributed by atoms with Crippen LogP contribution >= 0.6 is 0 Å². The Balaban J connectivity index is 1.99. The maximum absolute atomic E-state index is 4.51. The lowest BCUT2D eigenvalue weighted by molar-refractivity contribution is 0.518. The Bertz CT molecular complexity index is 543. The number of aryl methyl sites for hydroxylation is 3. The van der Waals surface area contributed by atoms with Crippen molar-refractivity contribution in [2.45, 2.75) is 39.2 Å². The van der Waals surface area contributed by atoms with Crippen LogP contribution in [-0.4, -0.2) is 22.9 Å². The molecule has 20 heavy (non-hydrogen) atoms. The van der Waals surface area contributed by atoms with Gasteiger partial charge in [0, 0.05) is 18.8 Å². The van der Waals surface area contributed by atoms with Crippen molar-refractivity contribution in [2.24, 2.45) is 7.05 Å². The molecule has 0 radical (unpaired) electrons. The molecular weight excluding hydrogens is 246 g/mol. The molecule has 3 heteroatoms. The first-order valence-corrected chi connectivity index (χ1v) is 7.32. The van der Waals surface area contributed by atoms with Crippen molar-refractivity contribution in [1.29, 1.82) is 0 Å². The maximum atomic E-state index is 4.51. The second kappa shape index (κ2) is 6.71. The van der Waals surface area contributed by atoms with Crippen LogP contribution in [0.4, 0.5) is 0 Å². The van der Waals surface area contributed by atoms with E-state index in [1.807, 2.05) is 11.7 Å². The average molecular weight is 271 g/mol. The SMILES string of the molecule is CNC(CCc1ccccc1)Cc1c(C)nn(C)c1C. The summed E-state index contributed by atoms with van der Waals surface area (Å²) in [5, 5.41) is 7.95. The number of benzene rings is 1. The quantitative estimate of drug-likeness (QED) is 0.875. The molecule has 1 atom stereocenters. The van der Waals surface area contributed by atoms with Crippen LogP contribution in [0.25, 0.3) is 0 Å². The Kier molecular flexibility index (Phi) is 4.96. The fourth-order valence-electron chi connectivity index (χ4n) is 2.69. The lowest BCUT2D eigenvalue weighted by atomic mass is 9.98. The highest BCUT2D eigenvalue weighted by Gasteiger charge is 2.14. The Morgan fingerprint density at radius 3 is 2.45 bits per heavy atom. The van der Waals surface area contributed by atoms with Crippen molar-refractivity contribution in [2.75, 3.05) is 7.05 Å². The van der Waals surface area contributed by atoms with Gasteiger partial charge in [0.05, 0.1) is 5.69 Å². The summed E-state index contributed by atoms with van der Waals surface area (Å²) in [5.41, 5.74) is 5.24. The lowest BCUT2D eigenvalue weighted by Gasteiger charge is -2.16. The molecule has 0 spiro atoms. The van der Waals surface area contributed by atoms with E-state index in [4.69, 9.17) is 0 Å². The predicted molar refractivity (Wildman–Crippen MR) is 84.0 cm³/mol. The summed E-state index contributed by atoms with van der Waals surface area (Å²) in [6.07, 6.45) is 3.31. The highest BCUT2D eigenvalue weighted by atomic mass is 15.3. The third kappa shape index (κ3) is 3.48. The van der Waals surface area contributed by atoms with Crippen LogP contribution < -0.4 is 5.32 Å². The van der Waals surface area contributed by atoms with E-state index in [2.05, 4.69) is 61.6 Å². The largest absolute Gasteiger partial charge is 0.317 e. The van der Waals surface area contributed by atoms with Gasteiger partial charge in [-0.15, -0.1) is 0 Å². The lowest BCUT2D eigenvalue weighted by Crippen LogP contribution is -2.28. The van der Waals surface area contributed by atoms with E-state index >= 15 is 0 Å². The number of hydrogen-bond donors (Lipinski definition) is 1. The minimum absolute atomic E-state index is 0.497. The van der Waals surface area contributed by atoms with Crippen molar-refractivity contribution in [3.8, 4) is 0 Å². The van der Waals surface area contributed by atoms with Gasteiger partial charge in [0.1, 0.15) is 0 Å².